The van der Waals surface area contributed by atoms with Crippen LogP contribution in [0.5, 0.6) is 0 Å². The fourth-order valence-corrected chi connectivity index (χ4v) is 0.807. The molecule has 13 heavy (non-hydrogen) atoms. The molecule has 0 rings (SSSR count). The molecule has 1 unspecified atom stereocenters. The lowest BCUT2D eigenvalue weighted by Crippen LogP contribution is -2.06. The van der Waals surface area contributed by atoms with Crippen LogP contribution in [0.15, 0.2) is 35.4 Å². The van der Waals surface area contributed by atoms with E-state index in [0.717, 1.165) is 5.57 Å². The van der Waals surface area contributed by atoms with Gasteiger partial charge in [0.05, 0.1) is 0 Å². The van der Waals surface area contributed by atoms with Crippen LogP contribution in [0.3, 0.4) is 0 Å². The number of allylic oxidation sites excluding steroid dienone is 5. The summed E-state index contributed by atoms with van der Waals surface area (Å²) in [5, 5.41) is 0.579. The van der Waals surface area contributed by atoms with Gasteiger partial charge < -0.3 is 0 Å². The first kappa shape index (κ1) is 12.2. The number of carbonyl (C=O) groups is 1. The Morgan fingerprint density at radius 1 is 1.38 bits per heavy atom. The molecule has 0 aliphatic carbocycles. The van der Waals surface area contributed by atoms with Crippen LogP contribution in [-0.2, 0) is 4.79 Å². The number of rotatable bonds is 4. The minimum absolute atomic E-state index is 0.0365. The number of hydrogen-bond donors (Lipinski definition) is 0. The van der Waals surface area contributed by atoms with Crippen LogP contribution in [0.1, 0.15) is 20.8 Å². The molecule has 0 aromatic carbocycles. The van der Waals surface area contributed by atoms with Gasteiger partial charge in [-0.15, -0.1) is 0 Å². The van der Waals surface area contributed by atoms with Gasteiger partial charge in [-0.05, 0) is 19.9 Å². The molecule has 0 saturated heterocycles. The summed E-state index contributed by atoms with van der Waals surface area (Å²) in [6.07, 6.45) is 5.14. The second-order valence-corrected chi connectivity index (χ2v) is 3.44. The van der Waals surface area contributed by atoms with E-state index in [4.69, 9.17) is 11.6 Å². The highest BCUT2D eigenvalue weighted by atomic mass is 35.5. The molecular formula is C11H15ClO. The van der Waals surface area contributed by atoms with Gasteiger partial charge in [-0.2, -0.15) is 0 Å². The number of halogens is 1. The van der Waals surface area contributed by atoms with Crippen LogP contribution in [0.2, 0.25) is 0 Å². The van der Waals surface area contributed by atoms with Crippen LogP contribution in [0.4, 0.5) is 0 Å². The largest absolute Gasteiger partial charge is 0.299 e. The van der Waals surface area contributed by atoms with E-state index in [1.807, 2.05) is 19.9 Å². The molecular weight excluding hydrogens is 184 g/mol. The Morgan fingerprint density at radius 3 is 2.31 bits per heavy atom. The van der Waals surface area contributed by atoms with Crippen molar-refractivity contribution in [3.8, 4) is 0 Å². The van der Waals surface area contributed by atoms with E-state index < -0.39 is 0 Å². The van der Waals surface area contributed by atoms with Crippen LogP contribution >= 0.6 is 11.6 Å². The van der Waals surface area contributed by atoms with Gasteiger partial charge in [0.15, 0.2) is 0 Å². The first-order valence-corrected chi connectivity index (χ1v) is 4.53. The standard InChI is InChI=1S/C11H15ClO/c1-5-11(12)7-6-8(2)9(3)10(4)13/h5-7,9H,1H2,2-4H3. The predicted molar refractivity (Wildman–Crippen MR) is 57.7 cm³/mol. The first-order chi connectivity index (χ1) is 5.99. The van der Waals surface area contributed by atoms with E-state index in [1.165, 1.54) is 0 Å². The molecule has 0 aromatic rings. The van der Waals surface area contributed by atoms with E-state index >= 15 is 0 Å². The van der Waals surface area contributed by atoms with Crippen LogP contribution in [-0.4, -0.2) is 5.78 Å². The van der Waals surface area contributed by atoms with Gasteiger partial charge in [0.1, 0.15) is 5.78 Å². The van der Waals surface area contributed by atoms with Crippen molar-refractivity contribution in [2.24, 2.45) is 5.92 Å². The normalized spacial score (nSPS) is 15.4. The van der Waals surface area contributed by atoms with Gasteiger partial charge in [0, 0.05) is 11.0 Å². The van der Waals surface area contributed by atoms with Crippen molar-refractivity contribution in [1.29, 1.82) is 0 Å². The molecule has 0 saturated carbocycles. The second-order valence-electron chi connectivity index (χ2n) is 3.00. The van der Waals surface area contributed by atoms with Gasteiger partial charge in [-0.1, -0.05) is 42.8 Å². The van der Waals surface area contributed by atoms with E-state index in [2.05, 4.69) is 6.58 Å². The fraction of sp³-hybridized carbons (Fsp3) is 0.364. The molecule has 0 aromatic heterocycles. The van der Waals surface area contributed by atoms with Crippen LogP contribution < -0.4 is 0 Å². The third-order valence-electron chi connectivity index (χ3n) is 1.99. The van der Waals surface area contributed by atoms with Crippen molar-refractivity contribution in [2.75, 3.05) is 0 Å². The summed E-state index contributed by atoms with van der Waals surface area (Å²) in [6.45, 7) is 8.90. The highest BCUT2D eigenvalue weighted by molar-refractivity contribution is 6.31. The van der Waals surface area contributed by atoms with E-state index in [1.54, 1.807) is 19.1 Å². The number of ketones is 1. The molecule has 1 atom stereocenters. The monoisotopic (exact) mass is 198 g/mol. The SMILES string of the molecule is C=CC(Cl)=CC=C(C)C(C)C(C)=O. The van der Waals surface area contributed by atoms with Gasteiger partial charge in [-0.25, -0.2) is 0 Å². The maximum atomic E-state index is 11.0. The molecule has 1 nitrogen and oxygen atoms in total. The zero-order chi connectivity index (χ0) is 10.4. The fourth-order valence-electron chi connectivity index (χ4n) is 0.744. The van der Waals surface area contributed by atoms with Crippen molar-refractivity contribution in [2.45, 2.75) is 20.8 Å². The van der Waals surface area contributed by atoms with Crippen molar-refractivity contribution in [3.63, 3.8) is 0 Å². The van der Waals surface area contributed by atoms with Gasteiger partial charge >= 0.3 is 0 Å². The van der Waals surface area contributed by atoms with E-state index in [-0.39, 0.29) is 11.7 Å². The molecule has 0 amide bonds. The second kappa shape index (κ2) is 5.76. The molecule has 0 bridgehead atoms. The summed E-state index contributed by atoms with van der Waals surface area (Å²) in [7, 11) is 0. The van der Waals surface area contributed by atoms with Crippen LogP contribution in [0.25, 0.3) is 0 Å². The summed E-state index contributed by atoms with van der Waals surface area (Å²) in [6, 6.07) is 0. The maximum absolute atomic E-state index is 11.0. The molecule has 0 spiro atoms. The molecule has 0 aliphatic rings. The summed E-state index contributed by atoms with van der Waals surface area (Å²) in [4.78, 5) is 11.0. The summed E-state index contributed by atoms with van der Waals surface area (Å²) in [5.41, 5.74) is 1.01. The molecule has 0 aliphatic heterocycles. The number of Topliss-reactive ketones (excluding diaryl/α,β-unsaturated/α-hetero) is 1. The number of carbonyl (C=O) groups excluding carboxylic acids is 1. The average Bonchev–Trinajstić information content (AvgIpc) is 2.11. The maximum Gasteiger partial charge on any atom is 0.136 e. The number of hydrogen-bond acceptors (Lipinski definition) is 1. The molecule has 2 heteroatoms. The lowest BCUT2D eigenvalue weighted by atomic mass is 9.99. The van der Waals surface area contributed by atoms with Crippen LogP contribution in [0, 0.1) is 5.92 Å². The lowest BCUT2D eigenvalue weighted by molar-refractivity contribution is -0.119. The highest BCUT2D eigenvalue weighted by Gasteiger charge is 2.07. The molecule has 72 valence electrons. The molecule has 0 N–H and O–H groups in total. The third-order valence-corrected chi connectivity index (χ3v) is 2.27. The topological polar surface area (TPSA) is 17.1 Å². The molecule has 0 radical (unpaired) electrons. The molecule has 0 fully saturated rings. The minimum Gasteiger partial charge on any atom is -0.299 e. The first-order valence-electron chi connectivity index (χ1n) is 4.16. The zero-order valence-corrected chi connectivity index (χ0v) is 9.06. The quantitative estimate of drug-likeness (QED) is 0.633. The smallest absolute Gasteiger partial charge is 0.136 e. The van der Waals surface area contributed by atoms with Gasteiger partial charge in [0.2, 0.25) is 0 Å². The lowest BCUT2D eigenvalue weighted by Gasteiger charge is -2.06. The van der Waals surface area contributed by atoms with Crippen molar-refractivity contribution in [3.05, 3.63) is 35.4 Å². The Balaban J connectivity index is 4.50. The Bertz CT molecular complexity index is 261. The van der Waals surface area contributed by atoms with E-state index in [9.17, 15) is 4.79 Å². The Kier molecular flexibility index (Phi) is 5.40. The average molecular weight is 199 g/mol. The summed E-state index contributed by atoms with van der Waals surface area (Å²) >= 11 is 5.71. The van der Waals surface area contributed by atoms with E-state index in [0.29, 0.717) is 5.03 Å². The van der Waals surface area contributed by atoms with Crippen molar-refractivity contribution >= 4 is 17.4 Å². The molecule has 0 heterocycles. The minimum atomic E-state index is -0.0365. The summed E-state index contributed by atoms with van der Waals surface area (Å²) < 4.78 is 0. The van der Waals surface area contributed by atoms with Gasteiger partial charge in [-0.3, -0.25) is 4.79 Å². The van der Waals surface area contributed by atoms with Crippen molar-refractivity contribution in [1.82, 2.24) is 0 Å². The Labute approximate surface area is 84.8 Å². The Hall–Kier alpha value is -0.820. The summed E-state index contributed by atoms with van der Waals surface area (Å²) in [5.74, 6) is 0.127. The Morgan fingerprint density at radius 2 is 1.92 bits per heavy atom. The predicted octanol–water partition coefficient (Wildman–Crippen LogP) is 3.47. The van der Waals surface area contributed by atoms with Crippen molar-refractivity contribution < 1.29 is 4.79 Å². The van der Waals surface area contributed by atoms with Gasteiger partial charge in [0.25, 0.3) is 0 Å². The highest BCUT2D eigenvalue weighted by Crippen LogP contribution is 2.12. The third kappa shape index (κ3) is 4.69. The zero-order valence-electron chi connectivity index (χ0n) is 8.30.